The first-order valence-corrected chi connectivity index (χ1v) is 10.3. The van der Waals surface area contributed by atoms with Gasteiger partial charge in [0.2, 0.25) is 0 Å². The monoisotopic (exact) mass is 425 g/mol. The van der Waals surface area contributed by atoms with Crippen molar-refractivity contribution < 1.29 is 33.4 Å². The number of imide groups is 1. The van der Waals surface area contributed by atoms with Crippen molar-refractivity contribution in [3.63, 3.8) is 0 Å². The molecule has 0 radical (unpaired) electrons. The molecule has 10 nitrogen and oxygen atoms in total. The van der Waals surface area contributed by atoms with Crippen molar-refractivity contribution in [2.75, 3.05) is 20.3 Å². The highest BCUT2D eigenvalue weighted by atomic mass is 16.5. The molecule has 30 heavy (non-hydrogen) atoms. The van der Waals surface area contributed by atoms with E-state index in [2.05, 4.69) is 15.4 Å². The molecule has 0 aromatic carbocycles. The molecule has 168 valence electrons. The molecule has 2 aliphatic rings. The Labute approximate surface area is 176 Å². The van der Waals surface area contributed by atoms with Crippen molar-refractivity contribution in [2.24, 2.45) is 11.8 Å². The summed E-state index contributed by atoms with van der Waals surface area (Å²) in [5.41, 5.74) is -0.961. The summed E-state index contributed by atoms with van der Waals surface area (Å²) in [4.78, 5) is 61.9. The highest BCUT2D eigenvalue weighted by molar-refractivity contribution is 6.09. The SMILES string of the molecule is COC(=O)[C@H](CC(C)C)NC(=O)COC(=O)CN1C(=O)N[C@]2(CCCC[C@H]2C)C1=O. The maximum Gasteiger partial charge on any atom is 0.328 e. The Morgan fingerprint density at radius 3 is 2.57 bits per heavy atom. The normalized spacial score (nSPS) is 24.6. The maximum atomic E-state index is 12.8. The van der Waals surface area contributed by atoms with Crippen molar-refractivity contribution >= 4 is 29.8 Å². The Hall–Kier alpha value is -2.65. The molecule has 3 atom stereocenters. The Morgan fingerprint density at radius 2 is 1.97 bits per heavy atom. The van der Waals surface area contributed by atoms with Gasteiger partial charge in [-0.3, -0.25) is 19.3 Å². The van der Waals surface area contributed by atoms with Gasteiger partial charge >= 0.3 is 18.0 Å². The summed E-state index contributed by atoms with van der Waals surface area (Å²) in [5.74, 6) is -2.46. The number of nitrogens with one attached hydrogen (secondary N) is 2. The molecular weight excluding hydrogens is 394 g/mol. The fourth-order valence-electron chi connectivity index (χ4n) is 4.02. The maximum absolute atomic E-state index is 12.8. The Balaban J connectivity index is 1.88. The number of ether oxygens (including phenoxy) is 2. The van der Waals surface area contributed by atoms with Crippen LogP contribution in [-0.2, 0) is 28.7 Å². The minimum absolute atomic E-state index is 0.0225. The third-order valence-corrected chi connectivity index (χ3v) is 5.68. The molecule has 2 N–H and O–H groups in total. The van der Waals surface area contributed by atoms with E-state index in [-0.39, 0.29) is 11.8 Å². The van der Waals surface area contributed by atoms with Crippen LogP contribution in [0.15, 0.2) is 0 Å². The first-order chi connectivity index (χ1) is 14.1. The van der Waals surface area contributed by atoms with Crippen LogP contribution in [0.4, 0.5) is 4.79 Å². The van der Waals surface area contributed by atoms with Gasteiger partial charge in [-0.1, -0.05) is 33.6 Å². The van der Waals surface area contributed by atoms with Gasteiger partial charge in [0, 0.05) is 0 Å². The Morgan fingerprint density at radius 1 is 1.27 bits per heavy atom. The zero-order valence-electron chi connectivity index (χ0n) is 18.0. The quantitative estimate of drug-likeness (QED) is 0.433. The molecule has 1 saturated carbocycles. The highest BCUT2D eigenvalue weighted by Gasteiger charge is 2.55. The van der Waals surface area contributed by atoms with Crippen LogP contribution in [-0.4, -0.2) is 66.5 Å². The largest absolute Gasteiger partial charge is 0.467 e. The Kier molecular flexibility index (Phi) is 7.80. The van der Waals surface area contributed by atoms with E-state index in [1.165, 1.54) is 7.11 Å². The number of hydrogen-bond donors (Lipinski definition) is 2. The van der Waals surface area contributed by atoms with Crippen LogP contribution in [0.5, 0.6) is 0 Å². The summed E-state index contributed by atoms with van der Waals surface area (Å²) in [5, 5.41) is 5.22. The van der Waals surface area contributed by atoms with Gasteiger partial charge in [-0.05, 0) is 31.1 Å². The number of hydrogen-bond acceptors (Lipinski definition) is 7. The minimum Gasteiger partial charge on any atom is -0.467 e. The first-order valence-electron chi connectivity index (χ1n) is 10.3. The molecular formula is C20H31N3O7. The van der Waals surface area contributed by atoms with Gasteiger partial charge in [0.15, 0.2) is 6.61 Å². The number of nitrogens with zero attached hydrogens (tertiary/aromatic N) is 1. The van der Waals surface area contributed by atoms with Crippen molar-refractivity contribution in [2.45, 2.75) is 64.5 Å². The second-order valence-corrected chi connectivity index (χ2v) is 8.37. The molecule has 0 aromatic rings. The third kappa shape index (κ3) is 5.28. The van der Waals surface area contributed by atoms with Gasteiger partial charge in [-0.2, -0.15) is 0 Å². The van der Waals surface area contributed by atoms with Crippen LogP contribution in [0.1, 0.15) is 52.9 Å². The number of amides is 4. The zero-order valence-corrected chi connectivity index (χ0v) is 18.0. The first kappa shape index (κ1) is 23.6. The third-order valence-electron chi connectivity index (χ3n) is 5.68. The molecule has 0 aromatic heterocycles. The molecule has 4 amide bonds. The summed E-state index contributed by atoms with van der Waals surface area (Å²) < 4.78 is 9.57. The molecule has 0 bridgehead atoms. The van der Waals surface area contributed by atoms with E-state index < -0.39 is 54.5 Å². The van der Waals surface area contributed by atoms with Crippen LogP contribution >= 0.6 is 0 Å². The molecule has 1 aliphatic carbocycles. The number of esters is 2. The average Bonchev–Trinajstić information content (AvgIpc) is 2.92. The number of carbonyl (C=O) groups excluding carboxylic acids is 5. The van der Waals surface area contributed by atoms with Crippen molar-refractivity contribution in [3.05, 3.63) is 0 Å². The Bertz CT molecular complexity index is 709. The van der Waals surface area contributed by atoms with Gasteiger partial charge < -0.3 is 20.1 Å². The molecule has 1 spiro atoms. The molecule has 2 rings (SSSR count). The van der Waals surface area contributed by atoms with Gasteiger partial charge in [-0.25, -0.2) is 9.59 Å². The summed E-state index contributed by atoms with van der Waals surface area (Å²) in [7, 11) is 1.22. The van der Waals surface area contributed by atoms with E-state index in [0.29, 0.717) is 12.8 Å². The molecule has 2 fully saturated rings. The van der Waals surface area contributed by atoms with E-state index in [1.807, 2.05) is 20.8 Å². The molecule has 1 heterocycles. The molecule has 0 unspecified atom stereocenters. The fourth-order valence-corrected chi connectivity index (χ4v) is 4.02. The van der Waals surface area contributed by atoms with Gasteiger partial charge in [0.1, 0.15) is 18.1 Å². The van der Waals surface area contributed by atoms with E-state index >= 15 is 0 Å². The lowest BCUT2D eigenvalue weighted by Gasteiger charge is -2.36. The summed E-state index contributed by atoms with van der Waals surface area (Å²) in [6.45, 7) is 4.49. The zero-order chi connectivity index (χ0) is 22.5. The van der Waals surface area contributed by atoms with E-state index in [0.717, 1.165) is 24.2 Å². The standard InChI is InChI=1S/C20H31N3O7/c1-12(2)9-14(17(26)29-4)21-15(24)11-30-16(25)10-23-18(27)20(22-19(23)28)8-6-5-7-13(20)3/h12-14H,5-11H2,1-4H3,(H,21,24)(H,22,28)/t13-,14+,20+/m1/s1. The van der Waals surface area contributed by atoms with Crippen molar-refractivity contribution in [1.82, 2.24) is 15.5 Å². The molecule has 1 aliphatic heterocycles. The summed E-state index contributed by atoms with van der Waals surface area (Å²) >= 11 is 0. The highest BCUT2D eigenvalue weighted by Crippen LogP contribution is 2.38. The molecule has 1 saturated heterocycles. The van der Waals surface area contributed by atoms with E-state index in [1.54, 1.807) is 0 Å². The predicted molar refractivity (Wildman–Crippen MR) is 105 cm³/mol. The van der Waals surface area contributed by atoms with Crippen LogP contribution in [0.25, 0.3) is 0 Å². The van der Waals surface area contributed by atoms with Gasteiger partial charge in [-0.15, -0.1) is 0 Å². The van der Waals surface area contributed by atoms with Crippen molar-refractivity contribution in [1.29, 1.82) is 0 Å². The van der Waals surface area contributed by atoms with E-state index in [4.69, 9.17) is 4.74 Å². The van der Waals surface area contributed by atoms with E-state index in [9.17, 15) is 24.0 Å². The fraction of sp³-hybridized carbons (Fsp3) is 0.750. The van der Waals surface area contributed by atoms with Crippen LogP contribution in [0, 0.1) is 11.8 Å². The molecule has 10 heteroatoms. The topological polar surface area (TPSA) is 131 Å². The van der Waals surface area contributed by atoms with Crippen LogP contribution in [0.3, 0.4) is 0 Å². The number of methoxy groups -OCH3 is 1. The van der Waals surface area contributed by atoms with Crippen LogP contribution < -0.4 is 10.6 Å². The van der Waals surface area contributed by atoms with Gasteiger partial charge in [0.25, 0.3) is 11.8 Å². The average molecular weight is 425 g/mol. The summed E-state index contributed by atoms with van der Waals surface area (Å²) in [6, 6.07) is -1.47. The lowest BCUT2D eigenvalue weighted by molar-refractivity contribution is -0.152. The minimum atomic E-state index is -0.961. The number of carbonyl (C=O) groups is 5. The number of urea groups is 1. The van der Waals surface area contributed by atoms with Crippen molar-refractivity contribution in [3.8, 4) is 0 Å². The predicted octanol–water partition coefficient (Wildman–Crippen LogP) is 0.734. The second-order valence-electron chi connectivity index (χ2n) is 8.37. The lowest BCUT2D eigenvalue weighted by Crippen LogP contribution is -2.54. The number of rotatable bonds is 8. The van der Waals surface area contributed by atoms with Crippen LogP contribution in [0.2, 0.25) is 0 Å². The van der Waals surface area contributed by atoms with Gasteiger partial charge in [0.05, 0.1) is 7.11 Å². The smallest absolute Gasteiger partial charge is 0.328 e. The lowest BCUT2D eigenvalue weighted by atomic mass is 9.73. The second kappa shape index (κ2) is 9.90. The summed E-state index contributed by atoms with van der Waals surface area (Å²) in [6.07, 6.45) is 3.55.